The van der Waals surface area contributed by atoms with Crippen LogP contribution in [0.25, 0.3) is 17.2 Å². The number of fused-ring (bicyclic) bond motifs is 1. The Morgan fingerprint density at radius 1 is 1.36 bits per heavy atom. The molecule has 3 aromatic rings. The number of anilines is 1. The number of ether oxygens (including phenoxy) is 1. The van der Waals surface area contributed by atoms with Crippen molar-refractivity contribution in [1.29, 1.82) is 10.7 Å². The molecule has 0 aromatic carbocycles. The van der Waals surface area contributed by atoms with Gasteiger partial charge < -0.3 is 20.8 Å². The molecule has 0 saturated carbocycles. The van der Waals surface area contributed by atoms with E-state index in [-0.39, 0.29) is 11.8 Å². The molecule has 4 heterocycles. The van der Waals surface area contributed by atoms with Crippen molar-refractivity contribution in [3.8, 4) is 17.6 Å². The van der Waals surface area contributed by atoms with E-state index in [1.807, 2.05) is 12.1 Å². The quantitative estimate of drug-likeness (QED) is 0.636. The van der Waals surface area contributed by atoms with Gasteiger partial charge in [0.1, 0.15) is 23.7 Å². The van der Waals surface area contributed by atoms with Gasteiger partial charge in [-0.15, -0.1) is 0 Å². The van der Waals surface area contributed by atoms with Crippen LogP contribution in [0.15, 0.2) is 42.6 Å². The first-order chi connectivity index (χ1) is 13.7. The smallest absolute Gasteiger partial charge is 0.180 e. The average molecular weight is 375 g/mol. The molecule has 3 aromatic heterocycles. The molecule has 1 saturated heterocycles. The Bertz CT molecular complexity index is 1100. The summed E-state index contributed by atoms with van der Waals surface area (Å²) >= 11 is 0. The summed E-state index contributed by atoms with van der Waals surface area (Å²) in [7, 11) is 0. The van der Waals surface area contributed by atoms with E-state index in [1.165, 1.54) is 18.6 Å². The summed E-state index contributed by atoms with van der Waals surface area (Å²) in [4.78, 5) is 19.4. The van der Waals surface area contributed by atoms with Crippen molar-refractivity contribution in [3.63, 3.8) is 0 Å². The summed E-state index contributed by atoms with van der Waals surface area (Å²) < 4.78 is 7.47. The molecule has 1 aliphatic rings. The van der Waals surface area contributed by atoms with Crippen LogP contribution in [0.2, 0.25) is 0 Å². The first-order valence-electron chi connectivity index (χ1n) is 8.59. The van der Waals surface area contributed by atoms with Crippen LogP contribution in [0.4, 0.5) is 5.82 Å². The van der Waals surface area contributed by atoms with E-state index >= 15 is 0 Å². The Morgan fingerprint density at radius 2 is 2.25 bits per heavy atom. The maximum atomic E-state index is 9.10. The second-order valence-corrected chi connectivity index (χ2v) is 6.11. The number of nitrogens with one attached hydrogen (secondary N) is 1. The predicted octanol–water partition coefficient (Wildman–Crippen LogP) is 0.755. The van der Waals surface area contributed by atoms with Crippen molar-refractivity contribution in [2.45, 2.75) is 6.10 Å². The Balaban J connectivity index is 1.67. The summed E-state index contributed by atoms with van der Waals surface area (Å²) in [5.41, 5.74) is 7.77. The molecule has 1 unspecified atom stereocenters. The van der Waals surface area contributed by atoms with Crippen LogP contribution >= 0.6 is 0 Å². The topological polar surface area (TPSA) is 142 Å². The van der Waals surface area contributed by atoms with E-state index in [4.69, 9.17) is 21.1 Å². The van der Waals surface area contributed by atoms with E-state index in [0.29, 0.717) is 42.4 Å². The minimum atomic E-state index is -0.283. The van der Waals surface area contributed by atoms with Crippen LogP contribution in [0, 0.1) is 16.7 Å². The Kier molecular flexibility index (Phi) is 4.65. The fourth-order valence-corrected chi connectivity index (χ4v) is 3.07. The lowest BCUT2D eigenvalue weighted by atomic mass is 10.1. The zero-order valence-electron chi connectivity index (χ0n) is 14.9. The first kappa shape index (κ1) is 17.6. The van der Waals surface area contributed by atoms with Crippen LogP contribution in [0.1, 0.15) is 5.69 Å². The van der Waals surface area contributed by atoms with Gasteiger partial charge in [0.2, 0.25) is 0 Å². The third-order valence-electron chi connectivity index (χ3n) is 4.50. The van der Waals surface area contributed by atoms with Crippen LogP contribution < -0.4 is 10.6 Å². The highest BCUT2D eigenvalue weighted by Gasteiger charge is 2.24. The maximum absolute atomic E-state index is 9.10. The average Bonchev–Trinajstić information content (AvgIpc) is 3.18. The van der Waals surface area contributed by atoms with Crippen molar-refractivity contribution in [1.82, 2.24) is 24.3 Å². The Labute approximate surface area is 160 Å². The van der Waals surface area contributed by atoms with Gasteiger partial charge >= 0.3 is 0 Å². The van der Waals surface area contributed by atoms with Gasteiger partial charge in [0.25, 0.3) is 0 Å². The van der Waals surface area contributed by atoms with Crippen molar-refractivity contribution in [2.24, 2.45) is 5.73 Å². The number of aromatic nitrogens is 5. The largest absolute Gasteiger partial charge is 0.404 e. The number of rotatable bonds is 4. The minimum Gasteiger partial charge on any atom is -0.404 e. The zero-order valence-corrected chi connectivity index (χ0v) is 14.9. The first-order valence-corrected chi connectivity index (χ1v) is 8.59. The molecular weight excluding hydrogens is 358 g/mol. The van der Waals surface area contributed by atoms with Crippen LogP contribution in [0.5, 0.6) is 0 Å². The van der Waals surface area contributed by atoms with E-state index in [9.17, 15) is 0 Å². The number of morpholine rings is 1. The molecule has 140 valence electrons. The molecule has 3 N–H and O–H groups in total. The van der Waals surface area contributed by atoms with E-state index in [1.54, 1.807) is 23.0 Å². The van der Waals surface area contributed by atoms with Crippen molar-refractivity contribution >= 4 is 17.7 Å². The van der Waals surface area contributed by atoms with Crippen molar-refractivity contribution in [3.05, 3.63) is 48.3 Å². The van der Waals surface area contributed by atoms with Gasteiger partial charge in [0.15, 0.2) is 17.2 Å². The third-order valence-corrected chi connectivity index (χ3v) is 4.50. The molecular formula is C18H17N9O. The molecule has 4 rings (SSSR count). The SMILES string of the molecule is N#Cc1cn2c(-c3nccc(N4CCOC(/C(C=N)=C/N)C4)n3)cnc2cn1. The number of nitrogens with two attached hydrogens (primary N) is 1. The Morgan fingerprint density at radius 3 is 3.04 bits per heavy atom. The number of nitriles is 1. The third kappa shape index (κ3) is 3.15. The molecule has 10 nitrogen and oxygen atoms in total. The van der Waals surface area contributed by atoms with Gasteiger partial charge in [-0.2, -0.15) is 5.26 Å². The molecule has 1 aliphatic heterocycles. The van der Waals surface area contributed by atoms with Gasteiger partial charge in [0, 0.05) is 43.5 Å². The zero-order chi connectivity index (χ0) is 19.5. The molecule has 28 heavy (non-hydrogen) atoms. The predicted molar refractivity (Wildman–Crippen MR) is 102 cm³/mol. The van der Waals surface area contributed by atoms with Gasteiger partial charge in [0.05, 0.1) is 19.0 Å². The summed E-state index contributed by atoms with van der Waals surface area (Å²) in [6.07, 6.45) is 8.81. The fourth-order valence-electron chi connectivity index (χ4n) is 3.07. The van der Waals surface area contributed by atoms with Gasteiger partial charge in [-0.3, -0.25) is 4.40 Å². The lowest BCUT2D eigenvalue weighted by Crippen LogP contribution is -2.44. The number of hydrogen-bond acceptors (Lipinski definition) is 9. The minimum absolute atomic E-state index is 0.283. The molecule has 1 atom stereocenters. The highest BCUT2D eigenvalue weighted by atomic mass is 16.5. The molecule has 10 heteroatoms. The van der Waals surface area contributed by atoms with Crippen LogP contribution in [-0.4, -0.2) is 56.4 Å². The molecule has 0 aliphatic carbocycles. The maximum Gasteiger partial charge on any atom is 0.180 e. The summed E-state index contributed by atoms with van der Waals surface area (Å²) in [6, 6.07) is 3.85. The molecule has 0 radical (unpaired) electrons. The highest BCUT2D eigenvalue weighted by Crippen LogP contribution is 2.22. The van der Waals surface area contributed by atoms with Crippen molar-refractivity contribution < 1.29 is 4.74 Å². The van der Waals surface area contributed by atoms with Gasteiger partial charge in [-0.25, -0.2) is 19.9 Å². The number of nitrogens with zero attached hydrogens (tertiary/aromatic N) is 7. The summed E-state index contributed by atoms with van der Waals surface area (Å²) in [5, 5.41) is 16.6. The standard InChI is InChI=1S/C18H17N9O/c19-5-12(6-20)15-11-26(3-4-28-15)16-1-2-22-18(25-16)14-8-24-17-9-23-13(7-21)10-27(14)17/h1-2,5-6,8-10,15,19H,3-4,11,20H2/b12-6+,19-5?. The van der Waals surface area contributed by atoms with Gasteiger partial charge in [-0.05, 0) is 6.07 Å². The highest BCUT2D eigenvalue weighted by molar-refractivity contribution is 5.77. The lowest BCUT2D eigenvalue weighted by Gasteiger charge is -2.34. The monoisotopic (exact) mass is 375 g/mol. The van der Waals surface area contributed by atoms with E-state index in [2.05, 4.69) is 24.8 Å². The van der Waals surface area contributed by atoms with Crippen LogP contribution in [-0.2, 0) is 4.74 Å². The second-order valence-electron chi connectivity index (χ2n) is 6.11. The number of hydrogen-bond donors (Lipinski definition) is 2. The van der Waals surface area contributed by atoms with Crippen LogP contribution in [0.3, 0.4) is 0 Å². The molecule has 0 spiro atoms. The summed E-state index contributed by atoms with van der Waals surface area (Å²) in [5.74, 6) is 1.23. The lowest BCUT2D eigenvalue weighted by molar-refractivity contribution is 0.0676. The molecule has 0 bridgehead atoms. The Hall–Kier alpha value is -3.84. The number of imidazole rings is 1. The fraction of sp³-hybridized carbons (Fsp3) is 0.222. The van der Waals surface area contributed by atoms with Gasteiger partial charge in [-0.1, -0.05) is 0 Å². The molecule has 0 amide bonds. The summed E-state index contributed by atoms with van der Waals surface area (Å²) in [6.45, 7) is 1.70. The van der Waals surface area contributed by atoms with Crippen molar-refractivity contribution in [2.75, 3.05) is 24.6 Å². The normalized spacial score (nSPS) is 17.5. The second kappa shape index (κ2) is 7.42. The van der Waals surface area contributed by atoms with E-state index in [0.717, 1.165) is 5.82 Å². The van der Waals surface area contributed by atoms with E-state index < -0.39 is 0 Å². The molecule has 1 fully saturated rings.